The molecular weight excluding hydrogens is 208 g/mol. The Balaban J connectivity index is 1.88. The number of hydrogen-bond acceptors (Lipinski definition) is 2. The molecule has 3 atom stereocenters. The molecule has 0 bridgehead atoms. The van der Waals surface area contributed by atoms with Crippen LogP contribution >= 0.6 is 0 Å². The fourth-order valence-electron chi connectivity index (χ4n) is 3.74. The smallest absolute Gasteiger partial charge is 0.00797 e. The fraction of sp³-hybridized carbons (Fsp3) is 1.00. The third kappa shape index (κ3) is 3.69. The van der Waals surface area contributed by atoms with Gasteiger partial charge in [-0.15, -0.1) is 0 Å². The molecule has 100 valence electrons. The minimum absolute atomic E-state index is 0.445. The number of nitrogens with zero attached hydrogens (tertiary/aromatic N) is 1. The summed E-state index contributed by atoms with van der Waals surface area (Å²) in [5.74, 6) is 1.61. The van der Waals surface area contributed by atoms with Crippen LogP contribution in [0.25, 0.3) is 0 Å². The van der Waals surface area contributed by atoms with Crippen molar-refractivity contribution in [1.29, 1.82) is 0 Å². The van der Waals surface area contributed by atoms with Gasteiger partial charge in [-0.2, -0.15) is 0 Å². The van der Waals surface area contributed by atoms with Crippen molar-refractivity contribution < 1.29 is 0 Å². The molecular formula is C15H30N2. The normalized spacial score (nSPS) is 39.2. The molecule has 0 amide bonds. The molecule has 0 radical (unpaired) electrons. The number of rotatable bonds is 2. The molecule has 0 aromatic heterocycles. The van der Waals surface area contributed by atoms with Crippen LogP contribution in [0.4, 0.5) is 0 Å². The minimum Gasteiger partial charge on any atom is -0.327 e. The van der Waals surface area contributed by atoms with Gasteiger partial charge in [-0.1, -0.05) is 20.8 Å². The summed E-state index contributed by atoms with van der Waals surface area (Å²) in [4.78, 5) is 2.67. The Morgan fingerprint density at radius 2 is 2.06 bits per heavy atom. The van der Waals surface area contributed by atoms with Crippen LogP contribution in [0.5, 0.6) is 0 Å². The van der Waals surface area contributed by atoms with Crippen LogP contribution in [-0.4, -0.2) is 30.6 Å². The fourth-order valence-corrected chi connectivity index (χ4v) is 3.74. The standard InChI is InChI=1S/C15H30N2/c1-12-5-4-8-17(10-12)11-13-9-15(2,3)7-6-14(13)16/h12-14H,4-11,16H2,1-3H3. The molecule has 1 saturated carbocycles. The highest BCUT2D eigenvalue weighted by Crippen LogP contribution is 2.38. The lowest BCUT2D eigenvalue weighted by atomic mass is 9.70. The molecule has 2 aliphatic rings. The van der Waals surface area contributed by atoms with Crippen LogP contribution in [0.1, 0.15) is 52.9 Å². The molecule has 1 saturated heterocycles. The van der Waals surface area contributed by atoms with Gasteiger partial charge in [0.15, 0.2) is 0 Å². The van der Waals surface area contributed by atoms with Crippen molar-refractivity contribution >= 4 is 0 Å². The summed E-state index contributed by atoms with van der Waals surface area (Å²) in [7, 11) is 0. The second-order valence-electron chi connectivity index (χ2n) is 7.34. The third-order valence-electron chi connectivity index (χ3n) is 4.81. The predicted molar refractivity (Wildman–Crippen MR) is 73.9 cm³/mol. The first-order valence-corrected chi connectivity index (χ1v) is 7.44. The second-order valence-corrected chi connectivity index (χ2v) is 7.34. The second kappa shape index (κ2) is 5.27. The van der Waals surface area contributed by atoms with Crippen molar-refractivity contribution in [3.05, 3.63) is 0 Å². The van der Waals surface area contributed by atoms with E-state index < -0.39 is 0 Å². The van der Waals surface area contributed by atoms with E-state index >= 15 is 0 Å². The largest absolute Gasteiger partial charge is 0.327 e. The van der Waals surface area contributed by atoms with Crippen LogP contribution in [-0.2, 0) is 0 Å². The van der Waals surface area contributed by atoms with Gasteiger partial charge in [-0.3, -0.25) is 0 Å². The highest BCUT2D eigenvalue weighted by atomic mass is 15.1. The van der Waals surface area contributed by atoms with E-state index in [1.165, 1.54) is 51.7 Å². The van der Waals surface area contributed by atoms with E-state index in [0.717, 1.165) is 11.8 Å². The van der Waals surface area contributed by atoms with Crippen molar-refractivity contribution in [1.82, 2.24) is 4.90 Å². The van der Waals surface area contributed by atoms with Crippen molar-refractivity contribution in [2.75, 3.05) is 19.6 Å². The Kier molecular flexibility index (Phi) is 4.14. The zero-order valence-corrected chi connectivity index (χ0v) is 11.9. The molecule has 0 spiro atoms. The quantitative estimate of drug-likeness (QED) is 0.801. The maximum Gasteiger partial charge on any atom is 0.00797 e. The Labute approximate surface area is 107 Å². The molecule has 2 N–H and O–H groups in total. The van der Waals surface area contributed by atoms with E-state index in [1.807, 2.05) is 0 Å². The molecule has 2 rings (SSSR count). The van der Waals surface area contributed by atoms with Gasteiger partial charge in [0.2, 0.25) is 0 Å². The SMILES string of the molecule is CC1CCCN(CC2CC(C)(C)CCC2N)C1. The van der Waals surface area contributed by atoms with E-state index in [0.29, 0.717) is 11.5 Å². The monoisotopic (exact) mass is 238 g/mol. The summed E-state index contributed by atoms with van der Waals surface area (Å²) in [5.41, 5.74) is 6.84. The highest BCUT2D eigenvalue weighted by molar-refractivity contribution is 4.89. The molecule has 1 aliphatic heterocycles. The van der Waals surface area contributed by atoms with Crippen LogP contribution in [0.15, 0.2) is 0 Å². The van der Waals surface area contributed by atoms with Crippen LogP contribution in [0, 0.1) is 17.3 Å². The Morgan fingerprint density at radius 3 is 2.76 bits per heavy atom. The molecule has 1 aliphatic carbocycles. The third-order valence-corrected chi connectivity index (χ3v) is 4.81. The van der Waals surface area contributed by atoms with Gasteiger partial charge in [-0.05, 0) is 55.9 Å². The van der Waals surface area contributed by atoms with E-state index in [1.54, 1.807) is 0 Å². The lowest BCUT2D eigenvalue weighted by Crippen LogP contribution is -2.47. The van der Waals surface area contributed by atoms with Crippen LogP contribution in [0.3, 0.4) is 0 Å². The molecule has 1 heterocycles. The maximum atomic E-state index is 6.33. The molecule has 0 aromatic carbocycles. The van der Waals surface area contributed by atoms with Crippen LogP contribution < -0.4 is 5.73 Å². The number of piperidine rings is 1. The molecule has 0 aromatic rings. The molecule has 17 heavy (non-hydrogen) atoms. The van der Waals surface area contributed by atoms with E-state index in [-0.39, 0.29) is 0 Å². The first kappa shape index (κ1) is 13.4. The summed E-state index contributed by atoms with van der Waals surface area (Å²) >= 11 is 0. The van der Waals surface area contributed by atoms with Crippen LogP contribution in [0.2, 0.25) is 0 Å². The van der Waals surface area contributed by atoms with Crippen molar-refractivity contribution in [2.45, 2.75) is 58.9 Å². The topological polar surface area (TPSA) is 29.3 Å². The predicted octanol–water partition coefficient (Wildman–Crippen LogP) is 2.87. The van der Waals surface area contributed by atoms with Gasteiger partial charge < -0.3 is 10.6 Å². The summed E-state index contributed by atoms with van der Waals surface area (Å²) in [6, 6.07) is 0.445. The molecule has 2 fully saturated rings. The Morgan fingerprint density at radius 1 is 1.29 bits per heavy atom. The molecule has 2 heteroatoms. The van der Waals surface area contributed by atoms with Gasteiger partial charge in [0.05, 0.1) is 0 Å². The zero-order chi connectivity index (χ0) is 12.5. The van der Waals surface area contributed by atoms with E-state index in [9.17, 15) is 0 Å². The van der Waals surface area contributed by atoms with Gasteiger partial charge >= 0.3 is 0 Å². The molecule has 2 nitrogen and oxygen atoms in total. The summed E-state index contributed by atoms with van der Waals surface area (Å²) in [6.45, 7) is 11.0. The Hall–Kier alpha value is -0.0800. The highest BCUT2D eigenvalue weighted by Gasteiger charge is 2.34. The lowest BCUT2D eigenvalue weighted by molar-refractivity contribution is 0.0932. The van der Waals surface area contributed by atoms with Gasteiger partial charge in [-0.25, -0.2) is 0 Å². The summed E-state index contributed by atoms with van der Waals surface area (Å²) in [5, 5.41) is 0. The Bertz CT molecular complexity index is 249. The van der Waals surface area contributed by atoms with Gasteiger partial charge in [0, 0.05) is 19.1 Å². The van der Waals surface area contributed by atoms with Gasteiger partial charge in [0.1, 0.15) is 0 Å². The first-order chi connectivity index (χ1) is 7.96. The maximum absolute atomic E-state index is 6.33. The minimum atomic E-state index is 0.445. The van der Waals surface area contributed by atoms with E-state index in [4.69, 9.17) is 5.73 Å². The van der Waals surface area contributed by atoms with E-state index in [2.05, 4.69) is 25.7 Å². The molecule has 3 unspecified atom stereocenters. The summed E-state index contributed by atoms with van der Waals surface area (Å²) in [6.07, 6.45) is 6.65. The number of hydrogen-bond donors (Lipinski definition) is 1. The van der Waals surface area contributed by atoms with Crippen molar-refractivity contribution in [3.63, 3.8) is 0 Å². The van der Waals surface area contributed by atoms with Crippen molar-refractivity contribution in [3.8, 4) is 0 Å². The number of likely N-dealkylation sites (tertiary alicyclic amines) is 1. The van der Waals surface area contributed by atoms with Gasteiger partial charge in [0.25, 0.3) is 0 Å². The number of nitrogens with two attached hydrogens (primary N) is 1. The first-order valence-electron chi connectivity index (χ1n) is 7.44. The average Bonchev–Trinajstić information content (AvgIpc) is 2.23. The lowest BCUT2D eigenvalue weighted by Gasteiger charge is -2.42. The zero-order valence-electron chi connectivity index (χ0n) is 11.9. The van der Waals surface area contributed by atoms with Crippen molar-refractivity contribution in [2.24, 2.45) is 23.0 Å². The average molecular weight is 238 g/mol. The summed E-state index contributed by atoms with van der Waals surface area (Å²) < 4.78 is 0.